The lowest BCUT2D eigenvalue weighted by Crippen LogP contribution is -1.99. The third kappa shape index (κ3) is 3.46. The van der Waals surface area contributed by atoms with E-state index in [0.717, 1.165) is 5.56 Å². The standard InChI is InChI=1S/C16H17FN2O3/c1-20-14-9-4-11(15(21-2)16(14)22-3)10-18-19-13-7-5-12(17)6-8-13/h4-10,19H,1-3H3/b18-10-. The van der Waals surface area contributed by atoms with Crippen LogP contribution in [0.3, 0.4) is 0 Å². The molecule has 0 aliphatic carbocycles. The van der Waals surface area contributed by atoms with E-state index in [4.69, 9.17) is 14.2 Å². The van der Waals surface area contributed by atoms with E-state index in [0.29, 0.717) is 22.9 Å². The number of hydrazone groups is 1. The van der Waals surface area contributed by atoms with E-state index in [1.165, 1.54) is 19.2 Å². The van der Waals surface area contributed by atoms with Crippen LogP contribution in [0.4, 0.5) is 10.1 Å². The van der Waals surface area contributed by atoms with E-state index < -0.39 is 0 Å². The summed E-state index contributed by atoms with van der Waals surface area (Å²) >= 11 is 0. The molecule has 22 heavy (non-hydrogen) atoms. The third-order valence-corrected chi connectivity index (χ3v) is 2.98. The first-order valence-corrected chi connectivity index (χ1v) is 6.53. The molecule has 0 spiro atoms. The molecule has 0 aromatic heterocycles. The van der Waals surface area contributed by atoms with Gasteiger partial charge in [-0.3, -0.25) is 5.43 Å². The smallest absolute Gasteiger partial charge is 0.203 e. The molecule has 2 rings (SSSR count). The monoisotopic (exact) mass is 304 g/mol. The predicted octanol–water partition coefficient (Wildman–Crippen LogP) is 3.30. The molecular weight excluding hydrogens is 287 g/mol. The molecule has 0 saturated carbocycles. The van der Waals surface area contributed by atoms with Crippen molar-refractivity contribution in [3.05, 3.63) is 47.8 Å². The van der Waals surface area contributed by atoms with Gasteiger partial charge in [-0.15, -0.1) is 0 Å². The maximum absolute atomic E-state index is 12.8. The van der Waals surface area contributed by atoms with Gasteiger partial charge in [-0.1, -0.05) is 0 Å². The van der Waals surface area contributed by atoms with E-state index in [1.54, 1.807) is 44.7 Å². The fourth-order valence-corrected chi connectivity index (χ4v) is 1.93. The number of halogens is 1. The van der Waals surface area contributed by atoms with Gasteiger partial charge < -0.3 is 14.2 Å². The van der Waals surface area contributed by atoms with Crippen LogP contribution in [0, 0.1) is 5.82 Å². The zero-order valence-electron chi connectivity index (χ0n) is 12.6. The van der Waals surface area contributed by atoms with Crippen molar-refractivity contribution in [3.63, 3.8) is 0 Å². The van der Waals surface area contributed by atoms with Gasteiger partial charge in [-0.05, 0) is 36.4 Å². The Labute approximate surface area is 128 Å². The SMILES string of the molecule is COc1ccc(/C=N\Nc2ccc(F)cc2)c(OC)c1OC. The Balaban J connectivity index is 2.21. The molecule has 0 bridgehead atoms. The van der Waals surface area contributed by atoms with Gasteiger partial charge in [0, 0.05) is 5.56 Å². The zero-order chi connectivity index (χ0) is 15.9. The first kappa shape index (κ1) is 15.6. The molecule has 0 fully saturated rings. The molecule has 0 radical (unpaired) electrons. The number of ether oxygens (including phenoxy) is 3. The summed E-state index contributed by atoms with van der Waals surface area (Å²) in [6, 6.07) is 9.47. The lowest BCUT2D eigenvalue weighted by Gasteiger charge is -2.13. The average molecular weight is 304 g/mol. The molecule has 0 saturated heterocycles. The van der Waals surface area contributed by atoms with E-state index in [-0.39, 0.29) is 5.82 Å². The van der Waals surface area contributed by atoms with Gasteiger partial charge in [0.2, 0.25) is 5.75 Å². The Kier molecular flexibility index (Phi) is 5.19. The average Bonchev–Trinajstić information content (AvgIpc) is 2.55. The molecule has 1 N–H and O–H groups in total. The minimum atomic E-state index is -0.295. The summed E-state index contributed by atoms with van der Waals surface area (Å²) in [6.07, 6.45) is 1.59. The summed E-state index contributed by atoms with van der Waals surface area (Å²) in [5.74, 6) is 1.29. The van der Waals surface area contributed by atoms with Crippen molar-refractivity contribution in [1.29, 1.82) is 0 Å². The van der Waals surface area contributed by atoms with E-state index in [2.05, 4.69) is 10.5 Å². The number of nitrogens with zero attached hydrogens (tertiary/aromatic N) is 1. The third-order valence-electron chi connectivity index (χ3n) is 2.98. The van der Waals surface area contributed by atoms with Gasteiger partial charge in [0.25, 0.3) is 0 Å². The van der Waals surface area contributed by atoms with Crippen LogP contribution >= 0.6 is 0 Å². The number of rotatable bonds is 6. The summed E-state index contributed by atoms with van der Waals surface area (Å²) in [5, 5.41) is 4.11. The highest BCUT2D eigenvalue weighted by Crippen LogP contribution is 2.38. The molecule has 5 nitrogen and oxygen atoms in total. The summed E-state index contributed by atoms with van der Waals surface area (Å²) in [6.45, 7) is 0. The molecule has 0 atom stereocenters. The van der Waals surface area contributed by atoms with Gasteiger partial charge >= 0.3 is 0 Å². The zero-order valence-corrected chi connectivity index (χ0v) is 12.6. The molecule has 0 aliphatic heterocycles. The largest absolute Gasteiger partial charge is 0.493 e. The van der Waals surface area contributed by atoms with Gasteiger partial charge in [0.05, 0.1) is 33.2 Å². The summed E-state index contributed by atoms with van der Waals surface area (Å²) in [4.78, 5) is 0. The topological polar surface area (TPSA) is 52.1 Å². The number of benzene rings is 2. The maximum Gasteiger partial charge on any atom is 0.203 e. The quantitative estimate of drug-likeness (QED) is 0.657. The minimum Gasteiger partial charge on any atom is -0.493 e. The number of nitrogens with one attached hydrogen (secondary N) is 1. The van der Waals surface area contributed by atoms with E-state index in [1.807, 2.05) is 0 Å². The minimum absolute atomic E-state index is 0.295. The summed E-state index contributed by atoms with van der Waals surface area (Å²) in [7, 11) is 4.64. The van der Waals surface area contributed by atoms with E-state index >= 15 is 0 Å². The van der Waals surface area contributed by atoms with Crippen LogP contribution in [0.1, 0.15) is 5.56 Å². The predicted molar refractivity (Wildman–Crippen MR) is 83.7 cm³/mol. The van der Waals surface area contributed by atoms with Gasteiger partial charge in [0.1, 0.15) is 5.82 Å². The van der Waals surface area contributed by atoms with Crippen molar-refractivity contribution < 1.29 is 18.6 Å². The maximum atomic E-state index is 12.8. The first-order valence-electron chi connectivity index (χ1n) is 6.53. The van der Waals surface area contributed by atoms with Crippen molar-refractivity contribution in [2.45, 2.75) is 0 Å². The Bertz CT molecular complexity index is 657. The summed E-state index contributed by atoms with van der Waals surface area (Å²) < 4.78 is 28.7. The number of hydrogen-bond donors (Lipinski definition) is 1. The molecule has 0 unspecified atom stereocenters. The van der Waals surface area contributed by atoms with Crippen LogP contribution in [0.15, 0.2) is 41.5 Å². The van der Waals surface area contributed by atoms with Crippen molar-refractivity contribution in [2.24, 2.45) is 5.10 Å². The second-order valence-corrected chi connectivity index (χ2v) is 4.30. The molecular formula is C16H17FN2O3. The van der Waals surface area contributed by atoms with Gasteiger partial charge in [-0.2, -0.15) is 5.10 Å². The van der Waals surface area contributed by atoms with Crippen molar-refractivity contribution in [2.75, 3.05) is 26.8 Å². The highest BCUT2D eigenvalue weighted by atomic mass is 19.1. The Morgan fingerprint density at radius 2 is 1.59 bits per heavy atom. The highest BCUT2D eigenvalue weighted by Gasteiger charge is 2.14. The fourth-order valence-electron chi connectivity index (χ4n) is 1.93. The van der Waals surface area contributed by atoms with Crippen molar-refractivity contribution >= 4 is 11.9 Å². The molecule has 116 valence electrons. The lowest BCUT2D eigenvalue weighted by atomic mass is 10.2. The Hall–Kier alpha value is -2.76. The summed E-state index contributed by atoms with van der Waals surface area (Å²) in [5.41, 5.74) is 4.21. The Morgan fingerprint density at radius 3 is 2.18 bits per heavy atom. The normalized spacial score (nSPS) is 10.5. The highest BCUT2D eigenvalue weighted by molar-refractivity contribution is 5.86. The second-order valence-electron chi connectivity index (χ2n) is 4.30. The van der Waals surface area contributed by atoms with E-state index in [9.17, 15) is 4.39 Å². The molecule has 2 aromatic rings. The van der Waals surface area contributed by atoms with Crippen LogP contribution < -0.4 is 19.6 Å². The molecule has 2 aromatic carbocycles. The van der Waals surface area contributed by atoms with Crippen LogP contribution in [-0.4, -0.2) is 27.5 Å². The van der Waals surface area contributed by atoms with Crippen molar-refractivity contribution in [3.8, 4) is 17.2 Å². The van der Waals surface area contributed by atoms with Gasteiger partial charge in [-0.25, -0.2) is 4.39 Å². The van der Waals surface area contributed by atoms with Crippen LogP contribution in [-0.2, 0) is 0 Å². The molecule has 0 heterocycles. The Morgan fingerprint density at radius 1 is 0.909 bits per heavy atom. The number of methoxy groups -OCH3 is 3. The fraction of sp³-hybridized carbons (Fsp3) is 0.188. The molecule has 6 heteroatoms. The van der Waals surface area contributed by atoms with Crippen LogP contribution in [0.2, 0.25) is 0 Å². The van der Waals surface area contributed by atoms with Crippen LogP contribution in [0.25, 0.3) is 0 Å². The second kappa shape index (κ2) is 7.31. The number of hydrogen-bond acceptors (Lipinski definition) is 5. The van der Waals surface area contributed by atoms with Crippen molar-refractivity contribution in [1.82, 2.24) is 0 Å². The van der Waals surface area contributed by atoms with Gasteiger partial charge in [0.15, 0.2) is 11.5 Å². The lowest BCUT2D eigenvalue weighted by molar-refractivity contribution is 0.324. The number of anilines is 1. The molecule has 0 aliphatic rings. The van der Waals surface area contributed by atoms with Crippen LogP contribution in [0.5, 0.6) is 17.2 Å². The first-order chi connectivity index (χ1) is 10.7. The molecule has 0 amide bonds.